The fraction of sp³-hybridized carbons (Fsp3) is 0.647. The van der Waals surface area contributed by atoms with Crippen molar-refractivity contribution in [3.05, 3.63) is 29.3 Å². The number of piperazine rings is 1. The van der Waals surface area contributed by atoms with Crippen LogP contribution in [0.2, 0.25) is 5.02 Å². The minimum absolute atomic E-state index is 0.344. The van der Waals surface area contributed by atoms with Crippen molar-refractivity contribution in [1.82, 2.24) is 4.31 Å². The summed E-state index contributed by atoms with van der Waals surface area (Å²) in [5.74, 6) is 0.762. The lowest BCUT2D eigenvalue weighted by atomic mass is 9.84. The third kappa shape index (κ3) is 3.73. The van der Waals surface area contributed by atoms with E-state index in [2.05, 4.69) is 6.92 Å². The van der Waals surface area contributed by atoms with Gasteiger partial charge in [0.2, 0.25) is 10.0 Å². The predicted octanol–water partition coefficient (Wildman–Crippen LogP) is 1.81. The fourth-order valence-corrected chi connectivity index (χ4v) is 5.63. The van der Waals surface area contributed by atoms with Crippen LogP contribution in [0, 0.1) is 5.92 Å². The van der Waals surface area contributed by atoms with E-state index in [0.717, 1.165) is 19.0 Å². The Morgan fingerprint density at radius 1 is 1.09 bits per heavy atom. The molecular weight excluding hydrogens is 332 g/mol. The predicted molar refractivity (Wildman–Crippen MR) is 92.3 cm³/mol. The summed E-state index contributed by atoms with van der Waals surface area (Å²) in [6.07, 6.45) is 5.29. The van der Waals surface area contributed by atoms with Crippen molar-refractivity contribution in [1.29, 1.82) is 0 Å². The van der Waals surface area contributed by atoms with E-state index >= 15 is 0 Å². The second kappa shape index (κ2) is 7.09. The van der Waals surface area contributed by atoms with Crippen molar-refractivity contribution in [3.8, 4) is 0 Å². The summed E-state index contributed by atoms with van der Waals surface area (Å²) in [5, 5.41) is 0.560. The van der Waals surface area contributed by atoms with Gasteiger partial charge in [0.15, 0.2) is 0 Å². The Balaban J connectivity index is 1.65. The second-order valence-corrected chi connectivity index (χ2v) is 9.26. The highest BCUT2D eigenvalue weighted by atomic mass is 35.5. The lowest BCUT2D eigenvalue weighted by molar-refractivity contribution is -0.933. The summed E-state index contributed by atoms with van der Waals surface area (Å²) >= 11 is 5.85. The van der Waals surface area contributed by atoms with Gasteiger partial charge < -0.3 is 4.90 Å². The van der Waals surface area contributed by atoms with Gasteiger partial charge in [-0.2, -0.15) is 4.31 Å². The molecule has 2 aliphatic rings. The van der Waals surface area contributed by atoms with E-state index in [9.17, 15) is 8.42 Å². The van der Waals surface area contributed by atoms with Crippen molar-refractivity contribution in [2.24, 2.45) is 5.92 Å². The zero-order valence-corrected chi connectivity index (χ0v) is 15.2. The molecule has 0 unspecified atom stereocenters. The first kappa shape index (κ1) is 17.2. The molecule has 1 aromatic rings. The molecular formula is C17H26ClN2O2S+. The van der Waals surface area contributed by atoms with Crippen LogP contribution in [-0.4, -0.2) is 44.9 Å². The second-order valence-electron chi connectivity index (χ2n) is 6.88. The maximum Gasteiger partial charge on any atom is 0.243 e. The van der Waals surface area contributed by atoms with Crippen molar-refractivity contribution in [2.75, 3.05) is 26.2 Å². The average molecular weight is 358 g/mol. The quantitative estimate of drug-likeness (QED) is 0.896. The molecule has 0 amide bonds. The van der Waals surface area contributed by atoms with E-state index in [4.69, 9.17) is 11.6 Å². The van der Waals surface area contributed by atoms with Crippen molar-refractivity contribution in [3.63, 3.8) is 0 Å². The molecule has 1 aliphatic carbocycles. The summed E-state index contributed by atoms with van der Waals surface area (Å²) < 4.78 is 27.1. The van der Waals surface area contributed by atoms with Crippen LogP contribution < -0.4 is 4.90 Å². The zero-order valence-electron chi connectivity index (χ0n) is 13.7. The third-order valence-electron chi connectivity index (χ3n) is 5.45. The number of rotatable bonds is 3. The Labute approximate surface area is 144 Å². The van der Waals surface area contributed by atoms with Gasteiger partial charge in [-0.15, -0.1) is 0 Å². The summed E-state index contributed by atoms with van der Waals surface area (Å²) in [5.41, 5.74) is 0. The Morgan fingerprint density at radius 3 is 2.30 bits per heavy atom. The average Bonchev–Trinajstić information content (AvgIpc) is 2.56. The highest BCUT2D eigenvalue weighted by molar-refractivity contribution is 7.89. The first-order valence-electron chi connectivity index (χ1n) is 8.59. The van der Waals surface area contributed by atoms with Crippen molar-refractivity contribution >= 4 is 21.6 Å². The Kier molecular flexibility index (Phi) is 5.31. The number of nitrogens with zero attached hydrogens (tertiary/aromatic N) is 1. The summed E-state index contributed by atoms with van der Waals surface area (Å²) in [6, 6.07) is 7.18. The lowest BCUT2D eigenvalue weighted by Crippen LogP contribution is -3.19. The smallest absolute Gasteiger partial charge is 0.243 e. The van der Waals surface area contributed by atoms with Gasteiger partial charge in [-0.25, -0.2) is 8.42 Å². The maximum atomic E-state index is 12.7. The first-order chi connectivity index (χ1) is 11.0. The Hall–Kier alpha value is -0.620. The topological polar surface area (TPSA) is 41.8 Å². The monoisotopic (exact) mass is 357 g/mol. The molecule has 0 radical (unpaired) electrons. The molecule has 1 N–H and O–H groups in total. The molecule has 1 heterocycles. The van der Waals surface area contributed by atoms with E-state index in [1.807, 2.05) is 0 Å². The number of hydrogen-bond donors (Lipinski definition) is 1. The molecule has 2 atom stereocenters. The largest absolute Gasteiger partial charge is 0.330 e. The van der Waals surface area contributed by atoms with Gasteiger partial charge >= 0.3 is 0 Å². The van der Waals surface area contributed by atoms with Crippen molar-refractivity contribution < 1.29 is 13.3 Å². The standard InChI is InChI=1S/C17H25ClN2O2S/c1-14-4-2-3-5-17(14)19-10-12-20(13-11-19)23(21,22)16-8-6-15(18)7-9-16/h6-9,14,17H,2-5,10-13H2,1H3/p+1/t14-,17-/m1/s1. The zero-order chi connectivity index (χ0) is 16.4. The molecule has 1 saturated heterocycles. The van der Waals surface area contributed by atoms with Crippen LogP contribution in [0.1, 0.15) is 32.6 Å². The molecule has 0 bridgehead atoms. The molecule has 1 aliphatic heterocycles. The van der Waals surface area contributed by atoms with Crippen LogP contribution in [0.15, 0.2) is 29.2 Å². The normalized spacial score (nSPS) is 27.9. The molecule has 23 heavy (non-hydrogen) atoms. The molecule has 2 fully saturated rings. The van der Waals surface area contributed by atoms with Gasteiger partial charge in [0.05, 0.1) is 37.1 Å². The summed E-state index contributed by atoms with van der Waals surface area (Å²) in [4.78, 5) is 1.94. The van der Waals surface area contributed by atoms with Gasteiger partial charge in [-0.3, -0.25) is 0 Å². The van der Waals surface area contributed by atoms with Crippen LogP contribution in [0.5, 0.6) is 0 Å². The Bertz CT molecular complexity index is 624. The summed E-state index contributed by atoms with van der Waals surface area (Å²) in [7, 11) is -3.39. The van der Waals surface area contributed by atoms with Gasteiger partial charge in [0, 0.05) is 10.9 Å². The number of benzene rings is 1. The van der Waals surface area contributed by atoms with E-state index in [1.54, 1.807) is 33.5 Å². The van der Waals surface area contributed by atoms with Crippen LogP contribution in [0.3, 0.4) is 0 Å². The number of halogens is 1. The third-order valence-corrected chi connectivity index (χ3v) is 7.62. The number of sulfonamides is 1. The molecule has 3 rings (SSSR count). The van der Waals surface area contributed by atoms with Gasteiger partial charge in [-0.05, 0) is 43.5 Å². The number of nitrogens with one attached hydrogen (secondary N) is 1. The SMILES string of the molecule is C[C@@H]1CCCC[C@H]1[NH+]1CCN(S(=O)(=O)c2ccc(Cl)cc2)CC1. The fourth-order valence-electron chi connectivity index (χ4n) is 4.06. The maximum absolute atomic E-state index is 12.7. The molecule has 0 aromatic heterocycles. The highest BCUT2D eigenvalue weighted by Gasteiger charge is 2.36. The van der Waals surface area contributed by atoms with Crippen LogP contribution in [0.25, 0.3) is 0 Å². The first-order valence-corrected chi connectivity index (χ1v) is 10.4. The molecule has 6 heteroatoms. The molecule has 4 nitrogen and oxygen atoms in total. The molecule has 1 aromatic carbocycles. The number of quaternary nitrogens is 1. The highest BCUT2D eigenvalue weighted by Crippen LogP contribution is 2.23. The van der Waals surface area contributed by atoms with E-state index < -0.39 is 10.0 Å². The molecule has 128 valence electrons. The summed E-state index contributed by atoms with van der Waals surface area (Å²) in [6.45, 7) is 5.42. The van der Waals surface area contributed by atoms with E-state index in [-0.39, 0.29) is 0 Å². The van der Waals surface area contributed by atoms with E-state index in [0.29, 0.717) is 29.0 Å². The van der Waals surface area contributed by atoms with Gasteiger partial charge in [0.25, 0.3) is 0 Å². The van der Waals surface area contributed by atoms with Crippen molar-refractivity contribution in [2.45, 2.75) is 43.5 Å². The van der Waals surface area contributed by atoms with Crippen LogP contribution in [-0.2, 0) is 10.0 Å². The van der Waals surface area contributed by atoms with Gasteiger partial charge in [0.1, 0.15) is 0 Å². The molecule has 1 saturated carbocycles. The van der Waals surface area contributed by atoms with Crippen LogP contribution >= 0.6 is 11.6 Å². The minimum atomic E-state index is -3.39. The minimum Gasteiger partial charge on any atom is -0.330 e. The van der Waals surface area contributed by atoms with Crippen LogP contribution in [0.4, 0.5) is 0 Å². The number of hydrogen-bond acceptors (Lipinski definition) is 2. The lowest BCUT2D eigenvalue weighted by Gasteiger charge is -2.40. The molecule has 0 spiro atoms. The van der Waals surface area contributed by atoms with E-state index in [1.165, 1.54) is 25.7 Å². The van der Waals surface area contributed by atoms with Gasteiger partial charge in [-0.1, -0.05) is 24.9 Å². The Morgan fingerprint density at radius 2 is 1.70 bits per heavy atom.